The van der Waals surface area contributed by atoms with Crippen molar-refractivity contribution in [1.82, 2.24) is 20.2 Å². The van der Waals surface area contributed by atoms with Crippen molar-refractivity contribution in [1.29, 1.82) is 0 Å². The van der Waals surface area contributed by atoms with E-state index in [4.69, 9.17) is 4.42 Å². The van der Waals surface area contributed by atoms with Gasteiger partial charge in [0.05, 0.1) is 5.75 Å². The van der Waals surface area contributed by atoms with Crippen LogP contribution >= 0.6 is 23.1 Å². The van der Waals surface area contributed by atoms with Crippen molar-refractivity contribution in [3.05, 3.63) is 41.9 Å². The van der Waals surface area contributed by atoms with E-state index in [0.29, 0.717) is 16.2 Å². The lowest BCUT2D eigenvalue weighted by molar-refractivity contribution is -0.113. The van der Waals surface area contributed by atoms with E-state index in [1.165, 1.54) is 23.1 Å². The first kappa shape index (κ1) is 14.9. The Morgan fingerprint density at radius 3 is 3.08 bits per heavy atom. The van der Waals surface area contributed by atoms with Crippen LogP contribution in [-0.2, 0) is 4.79 Å². The van der Waals surface area contributed by atoms with E-state index in [1.807, 2.05) is 30.3 Å². The van der Waals surface area contributed by atoms with Crippen molar-refractivity contribution < 1.29 is 9.21 Å². The zero-order valence-corrected chi connectivity index (χ0v) is 13.9. The number of para-hydroxylation sites is 1. The quantitative estimate of drug-likeness (QED) is 0.531. The van der Waals surface area contributed by atoms with Gasteiger partial charge in [0, 0.05) is 22.5 Å². The third-order valence-corrected chi connectivity index (χ3v) is 4.68. The molecule has 9 heteroatoms. The molecule has 1 amide bonds. The van der Waals surface area contributed by atoms with Crippen LogP contribution in [0.4, 0.5) is 5.13 Å². The van der Waals surface area contributed by atoms with Gasteiger partial charge in [-0.2, -0.15) is 0 Å². The number of benzene rings is 1. The maximum absolute atomic E-state index is 11.8. The third-order valence-electron chi connectivity index (χ3n) is 3.17. The van der Waals surface area contributed by atoms with Crippen molar-refractivity contribution in [3.8, 4) is 11.6 Å². The summed E-state index contributed by atoms with van der Waals surface area (Å²) in [6.07, 6.45) is 1.64. The molecule has 1 aromatic carbocycles. The summed E-state index contributed by atoms with van der Waals surface area (Å²) < 4.78 is 5.60. The smallest absolute Gasteiger partial charge is 0.277 e. The Bertz CT molecular complexity index is 944. The zero-order chi connectivity index (χ0) is 16.4. The monoisotopic (exact) mass is 357 g/mol. The second-order valence-corrected chi connectivity index (χ2v) is 6.64. The lowest BCUT2D eigenvalue weighted by Gasteiger charge is -1.98. The molecule has 0 saturated carbocycles. The molecule has 4 rings (SSSR count). The van der Waals surface area contributed by atoms with E-state index in [1.54, 1.807) is 11.6 Å². The maximum Gasteiger partial charge on any atom is 0.277 e. The number of carbonyl (C=O) groups is 1. The number of nitrogens with one attached hydrogen (secondary N) is 2. The number of rotatable bonds is 5. The first-order valence-electron chi connectivity index (χ1n) is 7.02. The van der Waals surface area contributed by atoms with E-state index >= 15 is 0 Å². The molecule has 0 atom stereocenters. The van der Waals surface area contributed by atoms with Crippen LogP contribution < -0.4 is 5.32 Å². The fraction of sp³-hybridized carbons (Fsp3) is 0.0667. The van der Waals surface area contributed by atoms with Gasteiger partial charge in [0.25, 0.3) is 11.1 Å². The summed E-state index contributed by atoms with van der Waals surface area (Å²) >= 11 is 2.55. The number of aromatic amines is 1. The SMILES string of the molecule is O=C(CSc1nnc(-c2cc3ccccc3[nH]2)o1)Nc1nccs1. The van der Waals surface area contributed by atoms with Crippen molar-refractivity contribution >= 4 is 45.0 Å². The third kappa shape index (κ3) is 3.17. The average Bonchev–Trinajstić information content (AvgIpc) is 3.32. The molecule has 0 fully saturated rings. The normalized spacial score (nSPS) is 11.0. The average molecular weight is 357 g/mol. The van der Waals surface area contributed by atoms with E-state index in [0.717, 1.165) is 16.6 Å². The number of anilines is 1. The number of H-pyrrole nitrogens is 1. The number of amides is 1. The highest BCUT2D eigenvalue weighted by molar-refractivity contribution is 7.99. The molecule has 4 aromatic rings. The van der Waals surface area contributed by atoms with Gasteiger partial charge in [-0.15, -0.1) is 21.5 Å². The molecule has 0 bridgehead atoms. The molecule has 0 radical (unpaired) electrons. The Morgan fingerprint density at radius 2 is 2.25 bits per heavy atom. The van der Waals surface area contributed by atoms with Crippen molar-refractivity contribution in [3.63, 3.8) is 0 Å². The van der Waals surface area contributed by atoms with Crippen molar-refractivity contribution in [2.75, 3.05) is 11.1 Å². The Labute approximate surface area is 144 Å². The molecular formula is C15H11N5O2S2. The second kappa shape index (κ2) is 6.46. The number of carbonyl (C=O) groups excluding carboxylic acids is 1. The summed E-state index contributed by atoms with van der Waals surface area (Å²) in [6, 6.07) is 9.86. The second-order valence-electron chi connectivity index (χ2n) is 4.82. The predicted octanol–water partition coefficient (Wildman–Crippen LogP) is 3.41. The highest BCUT2D eigenvalue weighted by Gasteiger charge is 2.13. The molecule has 0 spiro atoms. The molecule has 0 aliphatic heterocycles. The number of nitrogens with zero attached hydrogens (tertiary/aromatic N) is 3. The van der Waals surface area contributed by atoms with E-state index in [-0.39, 0.29) is 11.7 Å². The van der Waals surface area contributed by atoms with Gasteiger partial charge in [0.1, 0.15) is 5.69 Å². The molecule has 0 saturated heterocycles. The number of aromatic nitrogens is 4. The molecule has 0 aliphatic rings. The van der Waals surface area contributed by atoms with Gasteiger partial charge < -0.3 is 14.7 Å². The van der Waals surface area contributed by atoms with Gasteiger partial charge >= 0.3 is 0 Å². The Kier molecular flexibility index (Phi) is 4.01. The molecule has 3 aromatic heterocycles. The van der Waals surface area contributed by atoms with E-state index < -0.39 is 0 Å². The standard InChI is InChI=1S/C15H11N5O2S2/c21-12(18-14-16-5-6-23-14)8-24-15-20-19-13(22-15)11-7-9-3-1-2-4-10(9)17-11/h1-7,17H,8H2,(H,16,18,21). The predicted molar refractivity (Wildman–Crippen MR) is 93.1 cm³/mol. The van der Waals surface area contributed by atoms with Crippen LogP contribution in [0.3, 0.4) is 0 Å². The maximum atomic E-state index is 11.8. The minimum atomic E-state index is -0.166. The van der Waals surface area contributed by atoms with Crippen LogP contribution in [0.5, 0.6) is 0 Å². The van der Waals surface area contributed by atoms with Crippen molar-refractivity contribution in [2.24, 2.45) is 0 Å². The summed E-state index contributed by atoms with van der Waals surface area (Å²) in [4.78, 5) is 19.0. The highest BCUT2D eigenvalue weighted by atomic mass is 32.2. The van der Waals surface area contributed by atoms with Crippen LogP contribution in [0.2, 0.25) is 0 Å². The summed E-state index contributed by atoms with van der Waals surface area (Å²) in [7, 11) is 0. The van der Waals surface area contributed by atoms with Crippen LogP contribution in [-0.4, -0.2) is 31.8 Å². The first-order valence-corrected chi connectivity index (χ1v) is 8.88. The summed E-state index contributed by atoms with van der Waals surface area (Å²) in [5.41, 5.74) is 1.76. The number of fused-ring (bicyclic) bond motifs is 1. The number of hydrogen-bond donors (Lipinski definition) is 2. The van der Waals surface area contributed by atoms with Gasteiger partial charge in [0.2, 0.25) is 5.91 Å². The molecule has 3 heterocycles. The number of hydrogen-bond acceptors (Lipinski definition) is 7. The largest absolute Gasteiger partial charge is 0.410 e. The molecule has 0 unspecified atom stereocenters. The highest BCUT2D eigenvalue weighted by Crippen LogP contribution is 2.26. The fourth-order valence-electron chi connectivity index (χ4n) is 2.13. The Hall–Kier alpha value is -2.65. The van der Waals surface area contributed by atoms with Gasteiger partial charge in [0.15, 0.2) is 5.13 Å². The van der Waals surface area contributed by atoms with Gasteiger partial charge in [-0.05, 0) is 12.1 Å². The van der Waals surface area contributed by atoms with E-state index in [2.05, 4.69) is 25.5 Å². The lowest BCUT2D eigenvalue weighted by atomic mass is 10.2. The van der Waals surface area contributed by atoms with Gasteiger partial charge in [-0.1, -0.05) is 30.0 Å². The molecule has 0 aliphatic carbocycles. The minimum absolute atomic E-state index is 0.166. The van der Waals surface area contributed by atoms with Crippen LogP contribution in [0.15, 0.2) is 51.5 Å². The van der Waals surface area contributed by atoms with Crippen LogP contribution in [0.25, 0.3) is 22.5 Å². The number of thioether (sulfide) groups is 1. The van der Waals surface area contributed by atoms with Crippen LogP contribution in [0, 0.1) is 0 Å². The first-order chi connectivity index (χ1) is 11.8. The summed E-state index contributed by atoms with van der Waals surface area (Å²) in [5, 5.41) is 14.5. The summed E-state index contributed by atoms with van der Waals surface area (Å²) in [6.45, 7) is 0. The topological polar surface area (TPSA) is 96.7 Å². The number of thiazole rings is 1. The molecule has 7 nitrogen and oxygen atoms in total. The molecular weight excluding hydrogens is 346 g/mol. The Morgan fingerprint density at radius 1 is 1.33 bits per heavy atom. The molecule has 2 N–H and O–H groups in total. The van der Waals surface area contributed by atoms with Gasteiger partial charge in [-0.25, -0.2) is 4.98 Å². The lowest BCUT2D eigenvalue weighted by Crippen LogP contribution is -2.13. The van der Waals surface area contributed by atoms with Crippen LogP contribution in [0.1, 0.15) is 0 Å². The summed E-state index contributed by atoms with van der Waals surface area (Å²) in [5.74, 6) is 0.405. The Balaban J connectivity index is 1.42. The van der Waals surface area contributed by atoms with E-state index in [9.17, 15) is 4.79 Å². The zero-order valence-electron chi connectivity index (χ0n) is 12.2. The minimum Gasteiger partial charge on any atom is -0.410 e. The molecule has 24 heavy (non-hydrogen) atoms. The fourth-order valence-corrected chi connectivity index (χ4v) is 3.24. The van der Waals surface area contributed by atoms with Crippen molar-refractivity contribution in [2.45, 2.75) is 5.22 Å². The molecule has 120 valence electrons. The van der Waals surface area contributed by atoms with Gasteiger partial charge in [-0.3, -0.25) is 4.79 Å².